The van der Waals surface area contributed by atoms with E-state index in [-0.39, 0.29) is 5.54 Å². The topological polar surface area (TPSA) is 15.3 Å². The third-order valence-corrected chi connectivity index (χ3v) is 4.97. The Morgan fingerprint density at radius 1 is 1.05 bits per heavy atom. The fraction of sp³-hybridized carbons (Fsp3) is 1.00. The highest BCUT2D eigenvalue weighted by Crippen LogP contribution is 2.39. The van der Waals surface area contributed by atoms with E-state index in [1.165, 1.54) is 64.7 Å². The van der Waals surface area contributed by atoms with Crippen molar-refractivity contribution in [1.82, 2.24) is 10.2 Å². The summed E-state index contributed by atoms with van der Waals surface area (Å²) in [5.41, 5.74) is 0.737. The van der Waals surface area contributed by atoms with Crippen molar-refractivity contribution in [3.8, 4) is 0 Å². The van der Waals surface area contributed by atoms with Gasteiger partial charge in [-0.25, -0.2) is 0 Å². The minimum absolute atomic E-state index is 0.233. The predicted octanol–water partition coefficient (Wildman–Crippen LogP) is 4.69. The van der Waals surface area contributed by atoms with Crippen LogP contribution in [0.3, 0.4) is 0 Å². The summed E-state index contributed by atoms with van der Waals surface area (Å²) < 4.78 is 0. The molecule has 0 spiro atoms. The van der Waals surface area contributed by atoms with E-state index in [1.54, 1.807) is 0 Å². The second-order valence-corrected chi connectivity index (χ2v) is 8.56. The first-order valence-electron chi connectivity index (χ1n) is 9.27. The zero-order chi connectivity index (χ0) is 15.9. The summed E-state index contributed by atoms with van der Waals surface area (Å²) in [5, 5.41) is 3.81. The first kappa shape index (κ1) is 19.0. The summed E-state index contributed by atoms with van der Waals surface area (Å²) >= 11 is 0. The van der Waals surface area contributed by atoms with E-state index in [1.807, 2.05) is 0 Å². The Hall–Kier alpha value is -0.0800. The molecule has 1 saturated carbocycles. The standard InChI is InChI=1S/C19H40N2/c1-7-13-21(14-8-2)16-19(15-20-18(4,5)6)11-9-17(3)10-12-19/h17,20H,7-16H2,1-6H3. The molecule has 0 unspecified atom stereocenters. The van der Waals surface area contributed by atoms with Gasteiger partial charge in [0.05, 0.1) is 0 Å². The molecule has 1 aliphatic rings. The van der Waals surface area contributed by atoms with Crippen LogP contribution in [0.15, 0.2) is 0 Å². The molecule has 0 heterocycles. The van der Waals surface area contributed by atoms with Crippen LogP contribution >= 0.6 is 0 Å². The highest BCUT2D eigenvalue weighted by molar-refractivity contribution is 4.91. The zero-order valence-corrected chi connectivity index (χ0v) is 15.6. The maximum absolute atomic E-state index is 3.81. The number of nitrogens with one attached hydrogen (secondary N) is 1. The molecule has 2 nitrogen and oxygen atoms in total. The summed E-state index contributed by atoms with van der Waals surface area (Å²) in [4.78, 5) is 2.72. The molecule has 1 rings (SSSR count). The highest BCUT2D eigenvalue weighted by Gasteiger charge is 2.36. The average Bonchev–Trinajstić information content (AvgIpc) is 2.40. The molecule has 0 aromatic carbocycles. The Bertz CT molecular complexity index is 266. The molecule has 0 saturated heterocycles. The SMILES string of the molecule is CCCN(CCC)CC1(CNC(C)(C)C)CCC(C)CC1. The van der Waals surface area contributed by atoms with Crippen LogP contribution in [-0.4, -0.2) is 36.6 Å². The lowest BCUT2D eigenvalue weighted by atomic mass is 9.70. The van der Waals surface area contributed by atoms with Crippen molar-refractivity contribution < 1.29 is 0 Å². The predicted molar refractivity (Wildman–Crippen MR) is 94.8 cm³/mol. The molecule has 1 aliphatic carbocycles. The molecule has 0 aromatic heterocycles. The number of nitrogens with zero attached hydrogens (tertiary/aromatic N) is 1. The van der Waals surface area contributed by atoms with Crippen LogP contribution < -0.4 is 5.32 Å². The number of hydrogen-bond acceptors (Lipinski definition) is 2. The first-order valence-corrected chi connectivity index (χ1v) is 9.27. The minimum atomic E-state index is 0.233. The fourth-order valence-electron chi connectivity index (χ4n) is 3.59. The second kappa shape index (κ2) is 8.53. The van der Waals surface area contributed by atoms with Crippen molar-refractivity contribution in [2.75, 3.05) is 26.2 Å². The van der Waals surface area contributed by atoms with Gasteiger partial charge in [0.25, 0.3) is 0 Å². The van der Waals surface area contributed by atoms with Gasteiger partial charge >= 0.3 is 0 Å². The van der Waals surface area contributed by atoms with Gasteiger partial charge in [0.1, 0.15) is 0 Å². The van der Waals surface area contributed by atoms with Gasteiger partial charge in [-0.2, -0.15) is 0 Å². The van der Waals surface area contributed by atoms with E-state index in [2.05, 4.69) is 51.8 Å². The van der Waals surface area contributed by atoms with Crippen LogP contribution in [0.4, 0.5) is 0 Å². The molecule has 0 atom stereocenters. The Morgan fingerprint density at radius 2 is 1.57 bits per heavy atom. The van der Waals surface area contributed by atoms with E-state index in [0.29, 0.717) is 5.41 Å². The van der Waals surface area contributed by atoms with E-state index in [9.17, 15) is 0 Å². The molecule has 0 aliphatic heterocycles. The van der Waals surface area contributed by atoms with E-state index >= 15 is 0 Å². The Kier molecular flexibility index (Phi) is 7.70. The van der Waals surface area contributed by atoms with Crippen molar-refractivity contribution >= 4 is 0 Å². The van der Waals surface area contributed by atoms with Gasteiger partial charge in [-0.1, -0.05) is 33.6 Å². The molecule has 2 heteroatoms. The van der Waals surface area contributed by atoms with Crippen LogP contribution in [0, 0.1) is 11.3 Å². The maximum Gasteiger partial charge on any atom is 0.00967 e. The molecule has 126 valence electrons. The van der Waals surface area contributed by atoms with Crippen molar-refractivity contribution in [3.63, 3.8) is 0 Å². The number of rotatable bonds is 8. The van der Waals surface area contributed by atoms with Crippen LogP contribution in [0.25, 0.3) is 0 Å². The third-order valence-electron chi connectivity index (χ3n) is 4.97. The van der Waals surface area contributed by atoms with E-state index < -0.39 is 0 Å². The maximum atomic E-state index is 3.81. The summed E-state index contributed by atoms with van der Waals surface area (Å²) in [5.74, 6) is 0.929. The van der Waals surface area contributed by atoms with Crippen molar-refractivity contribution in [2.45, 2.75) is 85.6 Å². The summed E-state index contributed by atoms with van der Waals surface area (Å²) in [7, 11) is 0. The lowest BCUT2D eigenvalue weighted by molar-refractivity contribution is 0.0796. The summed E-state index contributed by atoms with van der Waals surface area (Å²) in [6.07, 6.45) is 8.19. The minimum Gasteiger partial charge on any atom is -0.311 e. The summed E-state index contributed by atoms with van der Waals surface area (Å²) in [6.45, 7) is 18.9. The molecule has 0 bridgehead atoms. The van der Waals surface area contributed by atoms with Gasteiger partial charge in [0, 0.05) is 18.6 Å². The Labute approximate surface area is 134 Å². The van der Waals surface area contributed by atoms with Gasteiger partial charge in [-0.05, 0) is 70.9 Å². The molecule has 0 aromatic rings. The largest absolute Gasteiger partial charge is 0.311 e. The van der Waals surface area contributed by atoms with Crippen molar-refractivity contribution in [2.24, 2.45) is 11.3 Å². The lowest BCUT2D eigenvalue weighted by Crippen LogP contribution is -2.50. The molecular weight excluding hydrogens is 256 g/mol. The van der Waals surface area contributed by atoms with Crippen molar-refractivity contribution in [3.05, 3.63) is 0 Å². The van der Waals surface area contributed by atoms with Gasteiger partial charge in [0.15, 0.2) is 0 Å². The van der Waals surface area contributed by atoms with Crippen molar-refractivity contribution in [1.29, 1.82) is 0 Å². The molecule has 0 radical (unpaired) electrons. The van der Waals surface area contributed by atoms with Gasteiger partial charge in [-0.3, -0.25) is 0 Å². The molecule has 21 heavy (non-hydrogen) atoms. The third kappa shape index (κ3) is 7.15. The highest BCUT2D eigenvalue weighted by atomic mass is 15.1. The number of hydrogen-bond donors (Lipinski definition) is 1. The summed E-state index contributed by atoms with van der Waals surface area (Å²) in [6, 6.07) is 0. The zero-order valence-electron chi connectivity index (χ0n) is 15.6. The fourth-order valence-corrected chi connectivity index (χ4v) is 3.59. The Balaban J connectivity index is 2.70. The van der Waals surface area contributed by atoms with E-state index in [0.717, 1.165) is 5.92 Å². The monoisotopic (exact) mass is 296 g/mol. The molecule has 1 fully saturated rings. The molecule has 1 N–H and O–H groups in total. The van der Waals surface area contributed by atoms with Crippen LogP contribution in [0.1, 0.15) is 80.1 Å². The van der Waals surface area contributed by atoms with Crippen LogP contribution in [0.5, 0.6) is 0 Å². The second-order valence-electron chi connectivity index (χ2n) is 8.56. The van der Waals surface area contributed by atoms with Crippen LogP contribution in [-0.2, 0) is 0 Å². The lowest BCUT2D eigenvalue weighted by Gasteiger charge is -2.44. The Morgan fingerprint density at radius 3 is 2.00 bits per heavy atom. The average molecular weight is 297 g/mol. The van der Waals surface area contributed by atoms with Gasteiger partial charge in [-0.15, -0.1) is 0 Å². The molecular formula is C19H40N2. The van der Waals surface area contributed by atoms with Gasteiger partial charge in [0.2, 0.25) is 0 Å². The van der Waals surface area contributed by atoms with E-state index in [4.69, 9.17) is 0 Å². The normalized spacial score (nSPS) is 27.3. The van der Waals surface area contributed by atoms with Crippen LogP contribution in [0.2, 0.25) is 0 Å². The molecule has 0 amide bonds. The van der Waals surface area contributed by atoms with Gasteiger partial charge < -0.3 is 10.2 Å². The first-order chi connectivity index (χ1) is 9.80. The smallest absolute Gasteiger partial charge is 0.00967 e. The quantitative estimate of drug-likeness (QED) is 0.699.